The summed E-state index contributed by atoms with van der Waals surface area (Å²) in [7, 11) is 0. The third-order valence-corrected chi connectivity index (χ3v) is 3.69. The Morgan fingerprint density at radius 1 is 1.11 bits per heavy atom. The normalized spacial score (nSPS) is 12.3. The quantitative estimate of drug-likeness (QED) is 0.677. The van der Waals surface area contributed by atoms with E-state index in [2.05, 4.69) is 10.1 Å². The first kappa shape index (κ1) is 18.5. The van der Waals surface area contributed by atoms with Crippen molar-refractivity contribution in [2.45, 2.75) is 12.1 Å². The Morgan fingerprint density at radius 3 is 2.56 bits per heavy atom. The van der Waals surface area contributed by atoms with E-state index in [0.29, 0.717) is 16.8 Å². The molecule has 0 fully saturated rings. The van der Waals surface area contributed by atoms with Crippen LogP contribution in [0.25, 0.3) is 16.8 Å². The van der Waals surface area contributed by atoms with Crippen LogP contribution in [0.1, 0.15) is 10.4 Å². The van der Waals surface area contributed by atoms with Crippen molar-refractivity contribution in [1.29, 1.82) is 0 Å². The second-order valence-electron chi connectivity index (χ2n) is 5.66. The van der Waals surface area contributed by atoms with Crippen LogP contribution in [0.3, 0.4) is 0 Å². The van der Waals surface area contributed by atoms with Crippen LogP contribution in [-0.4, -0.2) is 39.1 Å². The molecule has 11 heteroatoms. The number of hydrogen-bond donors (Lipinski definition) is 2. The molecular weight excluding hydrogens is 373 g/mol. The average Bonchev–Trinajstić information content (AvgIpc) is 2.98. The number of aromatic nitrogens is 3. The minimum Gasteiger partial charge on any atom is -0.366 e. The van der Waals surface area contributed by atoms with E-state index in [9.17, 15) is 26.7 Å². The Hall–Kier alpha value is -3.24. The van der Waals surface area contributed by atoms with Gasteiger partial charge in [-0.2, -0.15) is 26.9 Å². The number of rotatable bonds is 4. The van der Waals surface area contributed by atoms with Crippen molar-refractivity contribution in [2.24, 2.45) is 0 Å². The van der Waals surface area contributed by atoms with Crippen molar-refractivity contribution >= 4 is 17.5 Å². The van der Waals surface area contributed by atoms with Gasteiger partial charge in [-0.1, -0.05) is 12.1 Å². The minimum atomic E-state index is -5.74. The summed E-state index contributed by atoms with van der Waals surface area (Å²) in [4.78, 5) is 15.9. The summed E-state index contributed by atoms with van der Waals surface area (Å²) in [6.07, 6.45) is -4.15. The van der Waals surface area contributed by atoms with Crippen molar-refractivity contribution in [3.63, 3.8) is 0 Å². The number of carbonyl (C=O) groups is 1. The molecule has 0 saturated heterocycles. The average molecular weight is 385 g/mol. The van der Waals surface area contributed by atoms with E-state index in [1.54, 1.807) is 29.7 Å². The van der Waals surface area contributed by atoms with Gasteiger partial charge >= 0.3 is 12.1 Å². The molecule has 0 saturated carbocycles. The molecule has 1 amide bonds. The lowest BCUT2D eigenvalue weighted by Gasteiger charge is -2.19. The van der Waals surface area contributed by atoms with Crippen LogP contribution < -0.4 is 11.1 Å². The van der Waals surface area contributed by atoms with Crippen LogP contribution in [0.2, 0.25) is 0 Å². The summed E-state index contributed by atoms with van der Waals surface area (Å²) in [6, 6.07) is 9.10. The van der Waals surface area contributed by atoms with Gasteiger partial charge < -0.3 is 11.1 Å². The molecule has 0 spiro atoms. The molecule has 2 aromatic heterocycles. The number of fused-ring (bicyclic) bond motifs is 1. The molecule has 3 N–H and O–H groups in total. The maximum Gasteiger partial charge on any atom is 0.455 e. The van der Waals surface area contributed by atoms with Gasteiger partial charge in [0.1, 0.15) is 0 Å². The van der Waals surface area contributed by atoms with Crippen molar-refractivity contribution in [3.05, 3.63) is 48.2 Å². The number of halogens is 5. The Labute approximate surface area is 148 Å². The van der Waals surface area contributed by atoms with Gasteiger partial charge in [0.05, 0.1) is 6.54 Å². The molecule has 0 aliphatic heterocycles. The first-order valence-electron chi connectivity index (χ1n) is 7.52. The molecule has 0 radical (unpaired) electrons. The number of carbonyl (C=O) groups excluding carboxylic acids is 1. The van der Waals surface area contributed by atoms with E-state index >= 15 is 0 Å². The van der Waals surface area contributed by atoms with Crippen molar-refractivity contribution < 1.29 is 26.7 Å². The lowest BCUT2D eigenvalue weighted by Crippen LogP contribution is -2.46. The summed E-state index contributed by atoms with van der Waals surface area (Å²) in [5, 5.41) is 5.55. The molecule has 0 aliphatic rings. The van der Waals surface area contributed by atoms with Crippen molar-refractivity contribution in [3.8, 4) is 11.1 Å². The van der Waals surface area contributed by atoms with Crippen LogP contribution in [0.15, 0.2) is 42.6 Å². The SMILES string of the molecule is Nc1nc2ccc(-c3cccc(C(=O)NCC(F)(F)C(F)(F)F)c3)cn2n1. The fourth-order valence-corrected chi connectivity index (χ4v) is 2.30. The fraction of sp³-hybridized carbons (Fsp3) is 0.188. The highest BCUT2D eigenvalue weighted by Crippen LogP contribution is 2.34. The third-order valence-electron chi connectivity index (χ3n) is 3.69. The predicted octanol–water partition coefficient (Wildman–Crippen LogP) is 2.91. The number of alkyl halides is 5. The number of anilines is 1. The van der Waals surface area contributed by atoms with Crippen LogP contribution in [0.4, 0.5) is 27.9 Å². The van der Waals surface area contributed by atoms with Gasteiger partial charge in [0, 0.05) is 17.3 Å². The Kier molecular flexibility index (Phi) is 4.46. The molecular formula is C16H12F5N5O. The smallest absolute Gasteiger partial charge is 0.366 e. The summed E-state index contributed by atoms with van der Waals surface area (Å²) >= 11 is 0. The number of nitrogens with one attached hydrogen (secondary N) is 1. The molecule has 142 valence electrons. The standard InChI is InChI=1S/C16H12F5N5O/c17-15(18,16(19,20)21)8-23-13(27)10-3-1-2-9(6-10)11-4-5-12-24-14(22)25-26(12)7-11/h1-7H,8H2,(H2,22,25)(H,23,27). The number of nitrogens with two attached hydrogens (primary N) is 1. The Bertz CT molecular complexity index is 998. The van der Waals surface area contributed by atoms with Crippen LogP contribution >= 0.6 is 0 Å². The monoisotopic (exact) mass is 385 g/mol. The first-order valence-corrected chi connectivity index (χ1v) is 7.52. The number of pyridine rings is 1. The highest BCUT2D eigenvalue weighted by Gasteiger charge is 2.57. The maximum absolute atomic E-state index is 12.9. The summed E-state index contributed by atoms with van der Waals surface area (Å²) in [5.41, 5.74) is 7.08. The molecule has 0 aliphatic carbocycles. The second-order valence-corrected chi connectivity index (χ2v) is 5.66. The van der Waals surface area contributed by atoms with Gasteiger partial charge in [0.15, 0.2) is 5.65 Å². The molecule has 27 heavy (non-hydrogen) atoms. The molecule has 0 unspecified atom stereocenters. The third kappa shape index (κ3) is 3.81. The number of hydrogen-bond acceptors (Lipinski definition) is 4. The number of benzene rings is 1. The van der Waals surface area contributed by atoms with Crippen LogP contribution in [0, 0.1) is 0 Å². The van der Waals surface area contributed by atoms with E-state index < -0.39 is 24.6 Å². The highest BCUT2D eigenvalue weighted by molar-refractivity contribution is 5.95. The zero-order valence-corrected chi connectivity index (χ0v) is 13.5. The lowest BCUT2D eigenvalue weighted by atomic mass is 10.0. The summed E-state index contributed by atoms with van der Waals surface area (Å²) in [6.45, 7) is -1.84. The molecule has 0 atom stereocenters. The van der Waals surface area contributed by atoms with Crippen molar-refractivity contribution in [2.75, 3.05) is 12.3 Å². The van der Waals surface area contributed by atoms with Gasteiger partial charge in [-0.05, 0) is 29.8 Å². The zero-order chi connectivity index (χ0) is 19.8. The fourth-order valence-electron chi connectivity index (χ4n) is 2.30. The van der Waals surface area contributed by atoms with Gasteiger partial charge in [-0.3, -0.25) is 4.79 Å². The predicted molar refractivity (Wildman–Crippen MR) is 86.2 cm³/mol. The summed E-state index contributed by atoms with van der Waals surface area (Å²) < 4.78 is 63.8. The van der Waals surface area contributed by atoms with Crippen LogP contribution in [-0.2, 0) is 0 Å². The van der Waals surface area contributed by atoms with Gasteiger partial charge in [-0.25, -0.2) is 4.52 Å². The molecule has 1 aromatic carbocycles. The first-order chi connectivity index (χ1) is 12.6. The molecule has 3 rings (SSSR count). The largest absolute Gasteiger partial charge is 0.455 e. The highest BCUT2D eigenvalue weighted by atomic mass is 19.4. The number of nitrogen functional groups attached to an aromatic ring is 1. The van der Waals surface area contributed by atoms with Crippen molar-refractivity contribution in [1.82, 2.24) is 19.9 Å². The summed E-state index contributed by atoms with van der Waals surface area (Å²) in [5.74, 6) is -5.99. The maximum atomic E-state index is 12.9. The second kappa shape index (κ2) is 6.49. The van der Waals surface area contributed by atoms with E-state index in [4.69, 9.17) is 5.73 Å². The number of nitrogens with zero attached hydrogens (tertiary/aromatic N) is 3. The molecule has 2 heterocycles. The molecule has 0 bridgehead atoms. The number of amides is 1. The van der Waals surface area contributed by atoms with E-state index in [-0.39, 0.29) is 11.5 Å². The van der Waals surface area contributed by atoms with Crippen LogP contribution in [0.5, 0.6) is 0 Å². The van der Waals surface area contributed by atoms with E-state index in [1.807, 2.05) is 0 Å². The van der Waals surface area contributed by atoms with E-state index in [0.717, 1.165) is 0 Å². The Morgan fingerprint density at radius 2 is 1.85 bits per heavy atom. The van der Waals surface area contributed by atoms with Gasteiger partial charge in [0.25, 0.3) is 5.91 Å². The Balaban J connectivity index is 1.81. The zero-order valence-electron chi connectivity index (χ0n) is 13.5. The van der Waals surface area contributed by atoms with Gasteiger partial charge in [0.2, 0.25) is 5.95 Å². The lowest BCUT2D eigenvalue weighted by molar-refractivity contribution is -0.278. The molecule has 6 nitrogen and oxygen atoms in total. The minimum absolute atomic E-state index is 0.0660. The van der Waals surface area contributed by atoms with E-state index in [1.165, 1.54) is 22.7 Å². The van der Waals surface area contributed by atoms with Gasteiger partial charge in [-0.15, -0.1) is 5.10 Å². The topological polar surface area (TPSA) is 85.3 Å². The molecule has 3 aromatic rings.